The van der Waals surface area contributed by atoms with Crippen LogP contribution in [0.15, 0.2) is 24.5 Å². The SMILES string of the molecule is COc1ccc2nc(Nc3ncnc(N4CCOCC4)c3N)sc2c1. The summed E-state index contributed by atoms with van der Waals surface area (Å²) in [6.07, 6.45) is 1.51. The van der Waals surface area contributed by atoms with Crippen LogP contribution in [-0.2, 0) is 4.74 Å². The monoisotopic (exact) mass is 358 g/mol. The van der Waals surface area contributed by atoms with Gasteiger partial charge in [0.2, 0.25) is 0 Å². The van der Waals surface area contributed by atoms with Gasteiger partial charge in [-0.1, -0.05) is 11.3 Å². The van der Waals surface area contributed by atoms with Crippen LogP contribution in [0.3, 0.4) is 0 Å². The third-order valence-corrected chi connectivity index (χ3v) is 4.93. The predicted molar refractivity (Wildman–Crippen MR) is 98.9 cm³/mol. The minimum atomic E-state index is 0.515. The summed E-state index contributed by atoms with van der Waals surface area (Å²) in [5.41, 5.74) is 7.70. The molecule has 3 aromatic rings. The molecule has 2 aromatic heterocycles. The molecule has 0 saturated carbocycles. The molecule has 0 aliphatic carbocycles. The lowest BCUT2D eigenvalue weighted by atomic mass is 10.3. The molecule has 1 fully saturated rings. The number of morpholine rings is 1. The van der Waals surface area contributed by atoms with E-state index in [1.165, 1.54) is 17.7 Å². The van der Waals surface area contributed by atoms with Crippen LogP contribution in [0.2, 0.25) is 0 Å². The van der Waals surface area contributed by atoms with E-state index in [2.05, 4.69) is 25.2 Å². The lowest BCUT2D eigenvalue weighted by Gasteiger charge is -2.28. The number of benzene rings is 1. The van der Waals surface area contributed by atoms with Gasteiger partial charge < -0.3 is 25.4 Å². The fourth-order valence-corrected chi connectivity index (χ4v) is 3.59. The van der Waals surface area contributed by atoms with Gasteiger partial charge in [0.15, 0.2) is 16.8 Å². The first kappa shape index (κ1) is 15.9. The topological polar surface area (TPSA) is 98.4 Å². The Balaban J connectivity index is 1.62. The molecule has 0 amide bonds. The number of nitrogens with zero attached hydrogens (tertiary/aromatic N) is 4. The molecule has 1 aliphatic heterocycles. The zero-order valence-electron chi connectivity index (χ0n) is 13.7. The fourth-order valence-electron chi connectivity index (χ4n) is 2.70. The number of nitrogens with one attached hydrogen (secondary N) is 1. The maximum atomic E-state index is 6.29. The third kappa shape index (κ3) is 3.15. The van der Waals surface area contributed by atoms with E-state index >= 15 is 0 Å². The van der Waals surface area contributed by atoms with E-state index in [4.69, 9.17) is 15.2 Å². The van der Waals surface area contributed by atoms with E-state index in [9.17, 15) is 0 Å². The number of ether oxygens (including phenoxy) is 2. The second-order valence-electron chi connectivity index (χ2n) is 5.54. The first-order valence-corrected chi connectivity index (χ1v) is 8.71. The molecule has 3 N–H and O–H groups in total. The number of hydrogen-bond acceptors (Lipinski definition) is 9. The Morgan fingerprint density at radius 1 is 1.28 bits per heavy atom. The van der Waals surface area contributed by atoms with E-state index in [-0.39, 0.29) is 0 Å². The minimum Gasteiger partial charge on any atom is -0.497 e. The summed E-state index contributed by atoms with van der Waals surface area (Å²) in [5, 5.41) is 3.93. The lowest BCUT2D eigenvalue weighted by Crippen LogP contribution is -2.37. The zero-order valence-corrected chi connectivity index (χ0v) is 14.5. The summed E-state index contributed by atoms with van der Waals surface area (Å²) in [7, 11) is 1.65. The van der Waals surface area contributed by atoms with Crippen molar-refractivity contribution in [2.75, 3.05) is 49.4 Å². The van der Waals surface area contributed by atoms with Gasteiger partial charge in [-0.3, -0.25) is 0 Å². The third-order valence-electron chi connectivity index (χ3n) is 3.99. The molecule has 0 radical (unpaired) electrons. The Kier molecular flexibility index (Phi) is 4.24. The molecule has 1 saturated heterocycles. The average molecular weight is 358 g/mol. The highest BCUT2D eigenvalue weighted by atomic mass is 32.1. The van der Waals surface area contributed by atoms with Gasteiger partial charge in [-0.05, 0) is 18.2 Å². The summed E-state index contributed by atoms with van der Waals surface area (Å²) in [6, 6.07) is 5.78. The Bertz CT molecular complexity index is 893. The maximum absolute atomic E-state index is 6.29. The molecule has 4 rings (SSSR count). The molecule has 0 bridgehead atoms. The van der Waals surface area contributed by atoms with Gasteiger partial charge in [-0.25, -0.2) is 15.0 Å². The molecule has 1 aliphatic rings. The first-order valence-electron chi connectivity index (χ1n) is 7.89. The molecule has 0 spiro atoms. The second-order valence-corrected chi connectivity index (χ2v) is 6.57. The van der Waals surface area contributed by atoms with E-state index in [1.807, 2.05) is 18.2 Å². The van der Waals surface area contributed by atoms with Crippen molar-refractivity contribution in [3.8, 4) is 5.75 Å². The van der Waals surface area contributed by atoms with Crippen LogP contribution < -0.4 is 20.7 Å². The summed E-state index contributed by atoms with van der Waals surface area (Å²) < 4.78 is 11.7. The molecule has 0 unspecified atom stereocenters. The number of methoxy groups -OCH3 is 1. The van der Waals surface area contributed by atoms with Crippen LogP contribution >= 0.6 is 11.3 Å². The summed E-state index contributed by atoms with van der Waals surface area (Å²) >= 11 is 1.52. The quantitative estimate of drug-likeness (QED) is 0.733. The normalized spacial score (nSPS) is 14.7. The van der Waals surface area contributed by atoms with E-state index in [0.717, 1.165) is 40.0 Å². The van der Waals surface area contributed by atoms with Crippen molar-refractivity contribution in [2.45, 2.75) is 0 Å². The average Bonchev–Trinajstić information content (AvgIpc) is 3.05. The number of thiazole rings is 1. The molecular weight excluding hydrogens is 340 g/mol. The smallest absolute Gasteiger partial charge is 0.189 e. The van der Waals surface area contributed by atoms with Crippen molar-refractivity contribution < 1.29 is 9.47 Å². The van der Waals surface area contributed by atoms with Crippen LogP contribution in [0.1, 0.15) is 0 Å². The van der Waals surface area contributed by atoms with Crippen LogP contribution in [0.25, 0.3) is 10.2 Å². The van der Waals surface area contributed by atoms with Gasteiger partial charge in [-0.15, -0.1) is 0 Å². The Morgan fingerprint density at radius 2 is 2.12 bits per heavy atom. The second kappa shape index (κ2) is 6.69. The van der Waals surface area contributed by atoms with Gasteiger partial charge in [0, 0.05) is 13.1 Å². The number of rotatable bonds is 4. The standard InChI is InChI=1S/C16H18N6O2S/c1-23-10-2-3-11-12(8-10)25-16(20-11)21-14-13(17)15(19-9-18-14)22-4-6-24-7-5-22/h2-3,8-9H,4-7,17H2,1H3,(H,18,19,20,21). The van der Waals surface area contributed by atoms with Crippen molar-refractivity contribution in [1.82, 2.24) is 15.0 Å². The number of nitrogen functional groups attached to an aromatic ring is 1. The largest absolute Gasteiger partial charge is 0.497 e. The highest BCUT2D eigenvalue weighted by Crippen LogP contribution is 2.33. The van der Waals surface area contributed by atoms with Gasteiger partial charge in [0.1, 0.15) is 17.8 Å². The van der Waals surface area contributed by atoms with Crippen molar-refractivity contribution in [3.63, 3.8) is 0 Å². The van der Waals surface area contributed by atoms with Gasteiger partial charge in [0.25, 0.3) is 0 Å². The summed E-state index contributed by atoms with van der Waals surface area (Å²) in [6.45, 7) is 2.88. The van der Waals surface area contributed by atoms with Crippen LogP contribution in [0.4, 0.5) is 22.5 Å². The Labute approximate surface area is 148 Å². The van der Waals surface area contributed by atoms with Gasteiger partial charge >= 0.3 is 0 Å². The van der Waals surface area contributed by atoms with E-state index < -0.39 is 0 Å². The number of anilines is 4. The van der Waals surface area contributed by atoms with Crippen molar-refractivity contribution in [1.29, 1.82) is 0 Å². The minimum absolute atomic E-state index is 0.515. The summed E-state index contributed by atoms with van der Waals surface area (Å²) in [4.78, 5) is 15.3. The zero-order chi connectivity index (χ0) is 17.2. The van der Waals surface area contributed by atoms with Crippen LogP contribution in [-0.4, -0.2) is 48.4 Å². The molecular formula is C16H18N6O2S. The van der Waals surface area contributed by atoms with Gasteiger partial charge in [0.05, 0.1) is 30.5 Å². The fraction of sp³-hybridized carbons (Fsp3) is 0.312. The number of fused-ring (bicyclic) bond motifs is 1. The highest BCUT2D eigenvalue weighted by Gasteiger charge is 2.18. The van der Waals surface area contributed by atoms with Crippen molar-refractivity contribution in [2.24, 2.45) is 0 Å². The van der Waals surface area contributed by atoms with Crippen LogP contribution in [0.5, 0.6) is 5.75 Å². The molecule has 9 heteroatoms. The molecule has 3 heterocycles. The predicted octanol–water partition coefficient (Wildman–Crippen LogP) is 2.26. The van der Waals surface area contributed by atoms with E-state index in [0.29, 0.717) is 24.7 Å². The molecule has 25 heavy (non-hydrogen) atoms. The van der Waals surface area contributed by atoms with E-state index in [1.54, 1.807) is 7.11 Å². The maximum Gasteiger partial charge on any atom is 0.189 e. The molecule has 8 nitrogen and oxygen atoms in total. The van der Waals surface area contributed by atoms with Crippen molar-refractivity contribution in [3.05, 3.63) is 24.5 Å². The highest BCUT2D eigenvalue weighted by molar-refractivity contribution is 7.22. The Morgan fingerprint density at radius 3 is 2.92 bits per heavy atom. The molecule has 130 valence electrons. The first-order chi connectivity index (χ1) is 12.2. The molecule has 1 aromatic carbocycles. The number of aromatic nitrogens is 3. The number of hydrogen-bond donors (Lipinski definition) is 2. The Hall–Kier alpha value is -2.65. The van der Waals surface area contributed by atoms with Crippen molar-refractivity contribution >= 4 is 44.0 Å². The molecule has 0 atom stereocenters. The summed E-state index contributed by atoms with van der Waals surface area (Å²) in [5.74, 6) is 2.09. The number of nitrogens with two attached hydrogens (primary N) is 1. The lowest BCUT2D eigenvalue weighted by molar-refractivity contribution is 0.122. The van der Waals surface area contributed by atoms with Crippen LogP contribution in [0, 0.1) is 0 Å². The van der Waals surface area contributed by atoms with Gasteiger partial charge in [-0.2, -0.15) is 0 Å².